The number of carbonyl (C=O) groups is 1. The Labute approximate surface area is 117 Å². The summed E-state index contributed by atoms with van der Waals surface area (Å²) in [5.74, 6) is -1.01. The van der Waals surface area contributed by atoms with Crippen LogP contribution in [0.5, 0.6) is 0 Å². The molecule has 2 heterocycles. The van der Waals surface area contributed by atoms with Crippen LogP contribution in [-0.4, -0.2) is 31.3 Å². The number of tetrazole rings is 1. The third-order valence-corrected chi connectivity index (χ3v) is 3.87. The lowest BCUT2D eigenvalue weighted by atomic mass is 10.1. The van der Waals surface area contributed by atoms with Crippen molar-refractivity contribution < 1.29 is 9.90 Å². The van der Waals surface area contributed by atoms with Gasteiger partial charge in [-0.15, -0.1) is 26.3 Å². The van der Waals surface area contributed by atoms with Gasteiger partial charge in [0.25, 0.3) is 0 Å². The summed E-state index contributed by atoms with van der Waals surface area (Å²) < 4.78 is 0. The van der Waals surface area contributed by atoms with Crippen molar-refractivity contribution in [3.05, 3.63) is 41.5 Å². The molecule has 0 atom stereocenters. The molecule has 1 aromatic carbocycles. The van der Waals surface area contributed by atoms with Crippen molar-refractivity contribution in [2.45, 2.75) is 0 Å². The quantitative estimate of drug-likeness (QED) is 0.758. The second-order valence-corrected chi connectivity index (χ2v) is 5.02. The van der Waals surface area contributed by atoms with E-state index >= 15 is 0 Å². The Bertz CT molecular complexity index is 749. The van der Waals surface area contributed by atoms with E-state index in [1.54, 1.807) is 6.07 Å². The lowest BCUT2D eigenvalue weighted by Gasteiger charge is -2.00. The third-order valence-electron chi connectivity index (χ3n) is 2.69. The van der Waals surface area contributed by atoms with Gasteiger partial charge in [0.2, 0.25) is 0 Å². The smallest absolute Gasteiger partial charge is 0.348 e. The van der Waals surface area contributed by atoms with Gasteiger partial charge in [0.1, 0.15) is 4.88 Å². The number of hydrogen-bond donors (Lipinski definition) is 2. The maximum Gasteiger partial charge on any atom is 0.348 e. The predicted octanol–water partition coefficient (Wildman–Crippen LogP) is 1.67. The van der Waals surface area contributed by atoms with Crippen LogP contribution in [0.15, 0.2) is 36.7 Å². The maximum atomic E-state index is 11.0. The lowest BCUT2D eigenvalue weighted by Crippen LogP contribution is -1.98. The van der Waals surface area contributed by atoms with E-state index < -0.39 is 5.97 Å². The summed E-state index contributed by atoms with van der Waals surface area (Å²) >= 11 is 1.15. The zero-order valence-electron chi connectivity index (χ0n) is 10.1. The molecule has 0 amide bonds. The molecule has 0 radical (unpaired) electrons. The maximum absolute atomic E-state index is 11.0. The van der Waals surface area contributed by atoms with E-state index in [0.717, 1.165) is 27.5 Å². The third kappa shape index (κ3) is 2.12. The van der Waals surface area contributed by atoms with E-state index in [1.165, 1.54) is 11.1 Å². The highest BCUT2D eigenvalue weighted by molar-refractivity contribution is 7.17. The summed E-state index contributed by atoms with van der Waals surface area (Å²) in [6, 6.07) is 9.03. The molecule has 100 valence electrons. The SMILES string of the molecule is Nc1cc(-c2ccc(-n3ncnn3)cc2)sc1C(=O)O. The van der Waals surface area contributed by atoms with Crippen molar-refractivity contribution in [2.24, 2.45) is 0 Å². The molecule has 0 saturated heterocycles. The van der Waals surface area contributed by atoms with Gasteiger partial charge >= 0.3 is 5.97 Å². The number of carboxylic acid groups (broad SMARTS) is 1. The molecule has 0 saturated carbocycles. The fourth-order valence-corrected chi connectivity index (χ4v) is 2.68. The molecule has 0 fully saturated rings. The molecule has 0 aliphatic heterocycles. The molecular formula is C12H9N5O2S. The number of aromatic nitrogens is 4. The van der Waals surface area contributed by atoms with Crippen LogP contribution in [0.2, 0.25) is 0 Å². The Hall–Kier alpha value is -2.74. The first-order valence-electron chi connectivity index (χ1n) is 5.61. The number of thiophene rings is 1. The minimum atomic E-state index is -1.01. The van der Waals surface area contributed by atoms with Crippen LogP contribution in [0.3, 0.4) is 0 Å². The zero-order chi connectivity index (χ0) is 14.1. The van der Waals surface area contributed by atoms with Crippen LogP contribution < -0.4 is 5.73 Å². The number of rotatable bonds is 3. The van der Waals surface area contributed by atoms with Gasteiger partial charge < -0.3 is 10.8 Å². The van der Waals surface area contributed by atoms with Crippen molar-refractivity contribution in [3.8, 4) is 16.1 Å². The number of anilines is 1. The fourth-order valence-electron chi connectivity index (χ4n) is 1.76. The highest BCUT2D eigenvalue weighted by atomic mass is 32.1. The van der Waals surface area contributed by atoms with Gasteiger partial charge in [0.05, 0.1) is 11.4 Å². The van der Waals surface area contributed by atoms with Gasteiger partial charge in [0, 0.05) is 4.88 Å². The largest absolute Gasteiger partial charge is 0.477 e. The molecule has 20 heavy (non-hydrogen) atoms. The van der Waals surface area contributed by atoms with E-state index in [0.29, 0.717) is 0 Å². The zero-order valence-corrected chi connectivity index (χ0v) is 10.9. The van der Waals surface area contributed by atoms with Gasteiger partial charge in [-0.1, -0.05) is 12.1 Å². The van der Waals surface area contributed by atoms with Crippen molar-refractivity contribution in [3.63, 3.8) is 0 Å². The normalized spacial score (nSPS) is 10.6. The standard InChI is InChI=1S/C12H9N5O2S/c13-9-5-10(20-11(9)12(18)19)7-1-3-8(4-2-7)17-15-6-14-16-17/h1-6H,13H2,(H,18,19). The molecule has 7 nitrogen and oxygen atoms in total. The van der Waals surface area contributed by atoms with Crippen LogP contribution in [0.1, 0.15) is 9.67 Å². The molecule has 0 aliphatic rings. The van der Waals surface area contributed by atoms with E-state index in [2.05, 4.69) is 15.4 Å². The Morgan fingerprint density at radius 2 is 2.05 bits per heavy atom. The van der Waals surface area contributed by atoms with Gasteiger partial charge in [-0.3, -0.25) is 0 Å². The summed E-state index contributed by atoms with van der Waals surface area (Å²) in [6.45, 7) is 0. The van der Waals surface area contributed by atoms with Crippen molar-refractivity contribution in [1.82, 2.24) is 20.2 Å². The summed E-state index contributed by atoms with van der Waals surface area (Å²) in [5, 5.41) is 20.4. The minimum absolute atomic E-state index is 0.155. The molecule has 0 spiro atoms. The molecule has 3 aromatic rings. The number of nitrogens with two attached hydrogens (primary N) is 1. The molecule has 3 rings (SSSR count). The first kappa shape index (κ1) is 12.3. The van der Waals surface area contributed by atoms with E-state index in [1.807, 2.05) is 24.3 Å². The summed E-state index contributed by atoms with van der Waals surface area (Å²) in [6.07, 6.45) is 1.35. The highest BCUT2D eigenvalue weighted by Crippen LogP contribution is 2.33. The monoisotopic (exact) mass is 287 g/mol. The van der Waals surface area contributed by atoms with E-state index in [9.17, 15) is 4.79 Å². The van der Waals surface area contributed by atoms with Crippen molar-refractivity contribution in [2.75, 3.05) is 5.73 Å². The van der Waals surface area contributed by atoms with Crippen LogP contribution in [0, 0.1) is 0 Å². The van der Waals surface area contributed by atoms with Crippen molar-refractivity contribution in [1.29, 1.82) is 0 Å². The second-order valence-electron chi connectivity index (χ2n) is 3.97. The minimum Gasteiger partial charge on any atom is -0.477 e. The predicted molar refractivity (Wildman–Crippen MR) is 73.8 cm³/mol. The van der Waals surface area contributed by atoms with Crippen LogP contribution >= 0.6 is 11.3 Å². The number of nitrogen functional groups attached to an aromatic ring is 1. The number of nitrogens with zero attached hydrogens (tertiary/aromatic N) is 4. The van der Waals surface area contributed by atoms with Gasteiger partial charge in [0.15, 0.2) is 6.33 Å². The number of benzene rings is 1. The van der Waals surface area contributed by atoms with Crippen molar-refractivity contribution >= 4 is 23.0 Å². The fraction of sp³-hybridized carbons (Fsp3) is 0. The number of aromatic carboxylic acids is 1. The molecule has 3 N–H and O–H groups in total. The van der Waals surface area contributed by atoms with Gasteiger partial charge in [-0.25, -0.2) is 4.79 Å². The van der Waals surface area contributed by atoms with Crippen LogP contribution in [0.25, 0.3) is 16.1 Å². The molecule has 2 aromatic heterocycles. The Balaban J connectivity index is 1.95. The molecule has 0 unspecified atom stereocenters. The summed E-state index contributed by atoms with van der Waals surface area (Å²) in [5.41, 5.74) is 7.62. The number of hydrogen-bond acceptors (Lipinski definition) is 6. The topological polar surface area (TPSA) is 107 Å². The van der Waals surface area contributed by atoms with Crippen LogP contribution in [0.4, 0.5) is 5.69 Å². The first-order valence-corrected chi connectivity index (χ1v) is 6.43. The Kier molecular flexibility index (Phi) is 2.92. The van der Waals surface area contributed by atoms with Gasteiger partial charge in [-0.05, 0) is 29.0 Å². The lowest BCUT2D eigenvalue weighted by molar-refractivity contribution is 0.0703. The summed E-state index contributed by atoms with van der Waals surface area (Å²) in [7, 11) is 0. The average molecular weight is 287 g/mol. The Morgan fingerprint density at radius 3 is 2.60 bits per heavy atom. The Morgan fingerprint density at radius 1 is 1.30 bits per heavy atom. The molecular weight excluding hydrogens is 278 g/mol. The molecule has 0 aliphatic carbocycles. The second kappa shape index (κ2) is 4.74. The molecule has 0 bridgehead atoms. The summed E-state index contributed by atoms with van der Waals surface area (Å²) in [4.78, 5) is 13.3. The highest BCUT2D eigenvalue weighted by Gasteiger charge is 2.14. The van der Waals surface area contributed by atoms with Gasteiger partial charge in [-0.2, -0.15) is 0 Å². The van der Waals surface area contributed by atoms with E-state index in [-0.39, 0.29) is 10.6 Å². The number of carboxylic acids is 1. The average Bonchev–Trinajstić information content (AvgIpc) is 3.08. The van der Waals surface area contributed by atoms with E-state index in [4.69, 9.17) is 10.8 Å². The van der Waals surface area contributed by atoms with Crippen LogP contribution in [-0.2, 0) is 0 Å². The molecule has 8 heteroatoms. The first-order chi connectivity index (χ1) is 9.65.